The molecule has 0 aromatic carbocycles. The fourth-order valence-electron chi connectivity index (χ4n) is 1.17. The van der Waals surface area contributed by atoms with Crippen molar-refractivity contribution in [2.45, 2.75) is 42.6 Å². The van der Waals surface area contributed by atoms with E-state index in [1.54, 1.807) is 0 Å². The molecule has 0 heterocycles. The summed E-state index contributed by atoms with van der Waals surface area (Å²) in [6, 6.07) is -8.29. The van der Waals surface area contributed by atoms with E-state index in [9.17, 15) is 74.6 Å². The molecule has 0 aliphatic carbocycles. The first-order valence-electron chi connectivity index (χ1n) is 4.88. The molecule has 0 aromatic rings. The molecule has 0 spiro atoms. The van der Waals surface area contributed by atoms with Gasteiger partial charge in [-0.2, -0.15) is 74.6 Å². The zero-order valence-corrected chi connectivity index (χ0v) is 10.4. The van der Waals surface area contributed by atoms with Crippen molar-refractivity contribution >= 4 is 0 Å². The lowest BCUT2D eigenvalue weighted by Gasteiger charge is -2.41. The van der Waals surface area contributed by atoms with Gasteiger partial charge in [0.25, 0.3) is 0 Å². The van der Waals surface area contributed by atoms with Crippen molar-refractivity contribution in [2.24, 2.45) is 0 Å². The van der Waals surface area contributed by atoms with Gasteiger partial charge in [0.05, 0.1) is 0 Å². The van der Waals surface area contributed by atoms with Crippen molar-refractivity contribution in [3.8, 4) is 0 Å². The Labute approximate surface area is 124 Å². The van der Waals surface area contributed by atoms with E-state index in [2.05, 4.69) is 0 Å². The minimum atomic E-state index is -8.48. The van der Waals surface area contributed by atoms with Gasteiger partial charge in [-0.25, -0.2) is 0 Å². The van der Waals surface area contributed by atoms with Crippen LogP contribution in [-0.4, -0.2) is 47.5 Å². The second kappa shape index (κ2) is 5.63. The SMILES string of the molecule is FC(F)(F)N(C(F)(F)F)C(F)(F)C(F)(F)C(F)(F)C(F)(F)C(F)(F)F. The van der Waals surface area contributed by atoms with Gasteiger partial charge in [0.15, 0.2) is 0 Å². The molecule has 18 heteroatoms. The summed E-state index contributed by atoms with van der Waals surface area (Å²) in [6.45, 7) is 0. The van der Waals surface area contributed by atoms with Gasteiger partial charge >= 0.3 is 42.6 Å². The van der Waals surface area contributed by atoms with E-state index < -0.39 is 47.5 Å². The highest BCUT2D eigenvalue weighted by Crippen LogP contribution is 2.60. The van der Waals surface area contributed by atoms with Gasteiger partial charge in [0, 0.05) is 0 Å². The molecule has 0 rings (SSSR count). The first-order valence-corrected chi connectivity index (χ1v) is 4.88. The molecule has 0 amide bonds. The van der Waals surface area contributed by atoms with Gasteiger partial charge in [0.2, 0.25) is 0 Å². The highest BCUT2D eigenvalue weighted by molar-refractivity contribution is 5.06. The minimum absolute atomic E-state index is 4.52. The first kappa shape index (κ1) is 23.8. The molecular formula is C7F17N. The molecule has 0 fully saturated rings. The van der Waals surface area contributed by atoms with Crippen LogP contribution in [0.25, 0.3) is 0 Å². The Hall–Kier alpha value is -1.23. The highest BCUT2D eigenvalue weighted by atomic mass is 19.4. The third kappa shape index (κ3) is 3.53. The lowest BCUT2D eigenvalue weighted by atomic mass is 10.0. The van der Waals surface area contributed by atoms with Crippen LogP contribution in [0.2, 0.25) is 0 Å². The molecule has 0 unspecified atom stereocenters. The van der Waals surface area contributed by atoms with Crippen molar-refractivity contribution in [3.05, 3.63) is 0 Å². The normalized spacial score (nSPS) is 16.6. The molecule has 1 nitrogen and oxygen atoms in total. The maximum absolute atomic E-state index is 12.8. The molecule has 25 heavy (non-hydrogen) atoms. The molecule has 0 saturated heterocycles. The third-order valence-electron chi connectivity index (χ3n) is 2.31. The number of rotatable bonds is 4. The summed E-state index contributed by atoms with van der Waals surface area (Å²) in [5, 5.41) is 0. The molecule has 152 valence electrons. The molecule has 0 saturated carbocycles. The second-order valence-corrected chi connectivity index (χ2v) is 4.03. The zero-order valence-electron chi connectivity index (χ0n) is 10.4. The molecule has 0 bridgehead atoms. The van der Waals surface area contributed by atoms with Crippen molar-refractivity contribution in [1.82, 2.24) is 4.90 Å². The summed E-state index contributed by atoms with van der Waals surface area (Å²) in [4.78, 5) is -4.52. The van der Waals surface area contributed by atoms with E-state index in [0.717, 1.165) is 0 Å². The number of nitrogens with zero attached hydrogens (tertiary/aromatic N) is 1. The van der Waals surface area contributed by atoms with Gasteiger partial charge in [-0.05, 0) is 0 Å². The maximum atomic E-state index is 12.8. The minimum Gasteiger partial charge on any atom is -0.192 e. The van der Waals surface area contributed by atoms with Gasteiger partial charge in [-0.15, -0.1) is 0 Å². The topological polar surface area (TPSA) is 3.24 Å². The Balaban J connectivity index is 6.56. The van der Waals surface area contributed by atoms with Crippen LogP contribution in [0, 0.1) is 0 Å². The molecule has 0 radical (unpaired) electrons. The summed E-state index contributed by atoms with van der Waals surface area (Å²) >= 11 is 0. The van der Waals surface area contributed by atoms with Crippen LogP contribution in [0.15, 0.2) is 0 Å². The predicted molar refractivity (Wildman–Crippen MR) is 39.8 cm³/mol. The number of halogens is 17. The van der Waals surface area contributed by atoms with Gasteiger partial charge in [-0.1, -0.05) is 4.90 Å². The summed E-state index contributed by atoms with van der Waals surface area (Å²) in [5.41, 5.74) is 0. The van der Waals surface area contributed by atoms with E-state index in [1.807, 2.05) is 0 Å². The van der Waals surface area contributed by atoms with Crippen LogP contribution in [0.4, 0.5) is 74.6 Å². The second-order valence-electron chi connectivity index (χ2n) is 4.03. The monoisotopic (exact) mass is 421 g/mol. The van der Waals surface area contributed by atoms with Gasteiger partial charge in [0.1, 0.15) is 0 Å². The highest BCUT2D eigenvalue weighted by Gasteiger charge is 2.90. The van der Waals surface area contributed by atoms with Crippen molar-refractivity contribution in [1.29, 1.82) is 0 Å². The van der Waals surface area contributed by atoms with Crippen molar-refractivity contribution in [2.75, 3.05) is 0 Å². The number of alkyl halides is 17. The van der Waals surface area contributed by atoms with Crippen LogP contribution in [0.5, 0.6) is 0 Å². The fraction of sp³-hybridized carbons (Fsp3) is 1.00. The summed E-state index contributed by atoms with van der Waals surface area (Å²) in [6.07, 6.45) is -23.0. The van der Waals surface area contributed by atoms with E-state index >= 15 is 0 Å². The van der Waals surface area contributed by atoms with Crippen LogP contribution in [0.3, 0.4) is 0 Å². The van der Waals surface area contributed by atoms with Crippen LogP contribution in [0.1, 0.15) is 0 Å². The third-order valence-corrected chi connectivity index (χ3v) is 2.31. The Bertz CT molecular complexity index is 463. The average molecular weight is 421 g/mol. The van der Waals surface area contributed by atoms with Crippen molar-refractivity contribution < 1.29 is 74.6 Å². The molecule has 0 aromatic heterocycles. The van der Waals surface area contributed by atoms with E-state index in [4.69, 9.17) is 0 Å². The molecule has 0 aliphatic heterocycles. The molecular weight excluding hydrogens is 421 g/mol. The molecule has 0 aliphatic rings. The molecule has 0 atom stereocenters. The van der Waals surface area contributed by atoms with Crippen LogP contribution < -0.4 is 0 Å². The lowest BCUT2D eigenvalue weighted by Crippen LogP contribution is -2.73. The number of hydrogen-bond acceptors (Lipinski definition) is 1. The van der Waals surface area contributed by atoms with E-state index in [0.29, 0.717) is 0 Å². The predicted octanol–water partition coefficient (Wildman–Crippen LogP) is 5.39. The zero-order chi connectivity index (χ0) is 21.1. The standard InChI is InChI=1S/C7F17N/c8-1(9,2(10,11)4(14,15)16)3(12,13)5(17,18)25(6(19,20)21)7(22,23)24. The van der Waals surface area contributed by atoms with Crippen LogP contribution >= 0.6 is 0 Å². The average Bonchev–Trinajstić information content (AvgIpc) is 2.21. The summed E-state index contributed by atoms with van der Waals surface area (Å²) < 4.78 is 208. The van der Waals surface area contributed by atoms with Gasteiger partial charge < -0.3 is 0 Å². The maximum Gasteiger partial charge on any atom is 0.472 e. The number of hydrogen-bond donors (Lipinski definition) is 0. The van der Waals surface area contributed by atoms with Crippen molar-refractivity contribution in [3.63, 3.8) is 0 Å². The summed E-state index contributed by atoms with van der Waals surface area (Å²) in [7, 11) is 0. The fourth-order valence-corrected chi connectivity index (χ4v) is 1.17. The smallest absolute Gasteiger partial charge is 0.192 e. The Morgan fingerprint density at radius 1 is 0.360 bits per heavy atom. The Kier molecular flexibility index (Phi) is 5.36. The van der Waals surface area contributed by atoms with E-state index in [-0.39, 0.29) is 0 Å². The quantitative estimate of drug-likeness (QED) is 0.435. The molecule has 0 N–H and O–H groups in total. The van der Waals surface area contributed by atoms with Gasteiger partial charge in [-0.3, -0.25) is 0 Å². The Morgan fingerprint density at radius 3 is 0.840 bits per heavy atom. The van der Waals surface area contributed by atoms with Crippen LogP contribution in [-0.2, 0) is 0 Å². The Morgan fingerprint density at radius 2 is 0.640 bits per heavy atom. The largest absolute Gasteiger partial charge is 0.472 e. The summed E-state index contributed by atoms with van der Waals surface area (Å²) in [5.74, 6) is -25.0. The van der Waals surface area contributed by atoms with E-state index in [1.165, 1.54) is 0 Å². The first-order chi connectivity index (χ1) is 10.4. The lowest BCUT2D eigenvalue weighted by molar-refractivity contribution is -0.501.